The van der Waals surface area contributed by atoms with E-state index in [0.717, 1.165) is 63.1 Å². The van der Waals surface area contributed by atoms with Gasteiger partial charge in [0.05, 0.1) is 43.2 Å². The van der Waals surface area contributed by atoms with E-state index in [4.69, 9.17) is 9.47 Å². The molecule has 1 aromatic heterocycles. The summed E-state index contributed by atoms with van der Waals surface area (Å²) in [7, 11) is 1.50. The van der Waals surface area contributed by atoms with Crippen LogP contribution >= 0.6 is 0 Å². The van der Waals surface area contributed by atoms with E-state index < -0.39 is 19.3 Å². The minimum atomic E-state index is -3.13. The van der Waals surface area contributed by atoms with E-state index in [2.05, 4.69) is 39.3 Å². The molecule has 0 atom stereocenters. The summed E-state index contributed by atoms with van der Waals surface area (Å²) in [5.74, 6) is 2.74. The first-order valence-electron chi connectivity index (χ1n) is 15.3. The Hall–Kier alpha value is -4.14. The molecule has 8 nitrogen and oxygen atoms in total. The van der Waals surface area contributed by atoms with Gasteiger partial charge in [0.2, 0.25) is 6.86 Å². The molecule has 2 heterocycles. The van der Waals surface area contributed by atoms with Gasteiger partial charge in [-0.05, 0) is 74.1 Å². The lowest BCUT2D eigenvalue weighted by Gasteiger charge is -2.39. The number of halogens is 3. The third-order valence-electron chi connectivity index (χ3n) is 8.50. The molecule has 1 aliphatic carbocycles. The number of ether oxygens (including phenoxy) is 2. The highest BCUT2D eigenvalue weighted by molar-refractivity contribution is 5.95. The summed E-state index contributed by atoms with van der Waals surface area (Å²) in [6, 6.07) is 13.0. The Morgan fingerprint density at radius 3 is 2.62 bits per heavy atom. The summed E-state index contributed by atoms with van der Waals surface area (Å²) in [5, 5.41) is 10.1. The summed E-state index contributed by atoms with van der Waals surface area (Å²) in [6.07, 6.45) is 4.93. The quantitative estimate of drug-likeness (QED) is 0.189. The predicted octanol–water partition coefficient (Wildman–Crippen LogP) is 5.65. The highest BCUT2D eigenvalue weighted by atomic mass is 19.3. The van der Waals surface area contributed by atoms with Crippen molar-refractivity contribution in [3.8, 4) is 17.6 Å². The number of amides is 1. The first kappa shape index (κ1) is 32.3. The first-order chi connectivity index (χ1) is 21.8. The number of allylic oxidation sites excluding steroid dienone is 1. The second kappa shape index (κ2) is 14.8. The molecule has 11 heteroatoms. The number of carbonyl (C=O) groups is 1. The van der Waals surface area contributed by atoms with E-state index in [-0.39, 0.29) is 18.2 Å². The minimum Gasteiger partial charge on any atom is -0.461 e. The zero-order chi connectivity index (χ0) is 31.8. The van der Waals surface area contributed by atoms with E-state index in [1.54, 1.807) is 12.1 Å². The van der Waals surface area contributed by atoms with E-state index in [9.17, 15) is 18.0 Å². The van der Waals surface area contributed by atoms with Crippen LogP contribution in [-0.4, -0.2) is 80.1 Å². The number of hydrogen-bond acceptors (Lipinski definition) is 6. The maximum Gasteiger partial charge on any atom is 0.283 e. The van der Waals surface area contributed by atoms with E-state index in [0.29, 0.717) is 40.6 Å². The lowest BCUT2D eigenvalue weighted by Crippen LogP contribution is -2.46. The summed E-state index contributed by atoms with van der Waals surface area (Å²) in [6.45, 7) is 5.34. The van der Waals surface area contributed by atoms with Crippen LogP contribution in [0.4, 0.5) is 24.5 Å². The van der Waals surface area contributed by atoms with Crippen molar-refractivity contribution < 1.29 is 27.4 Å². The van der Waals surface area contributed by atoms with E-state index >= 15 is 0 Å². The summed E-state index contributed by atoms with van der Waals surface area (Å²) in [4.78, 5) is 14.5. The van der Waals surface area contributed by atoms with Crippen LogP contribution in [-0.2, 0) is 11.3 Å². The lowest BCUT2D eigenvalue weighted by atomic mass is 9.89. The Morgan fingerprint density at radius 2 is 1.91 bits per heavy atom. The van der Waals surface area contributed by atoms with Crippen LogP contribution < -0.4 is 20.7 Å². The largest absolute Gasteiger partial charge is 0.461 e. The molecule has 0 bridgehead atoms. The standard InChI is InChI=1S/C34H40F3N5O3/c1-3-34(36,37)22-42-27(6-5-15-39-30-14-9-24(33(43)38-2)20-32(30)45-23-35)21-28-29(7-4-8-31(28)42)40-25-10-12-26(13-11-25)41-16-18-44-19-17-41/h3-4,7-9,14,20-21,25-26,39-40H,1,10-13,15-19,22-23H2,2H3,(H,38,43). The molecule has 0 unspecified atom stereocenters. The zero-order valence-corrected chi connectivity index (χ0v) is 25.5. The van der Waals surface area contributed by atoms with Crippen molar-refractivity contribution in [3.63, 3.8) is 0 Å². The molecule has 240 valence electrons. The van der Waals surface area contributed by atoms with Crippen LogP contribution in [0, 0.1) is 11.8 Å². The molecule has 1 aliphatic heterocycles. The Morgan fingerprint density at radius 1 is 1.13 bits per heavy atom. The monoisotopic (exact) mass is 623 g/mol. The van der Waals surface area contributed by atoms with Gasteiger partial charge < -0.3 is 30.0 Å². The molecule has 0 radical (unpaired) electrons. The Kier molecular flexibility index (Phi) is 10.6. The Labute approximate surface area is 261 Å². The SMILES string of the molecule is C=CC(F)(F)Cn1c(C#CCNc2ccc(C(=O)NC)cc2OCF)cc2c(NC3CCC(N4CCOCC4)CC3)cccc21. The second-order valence-electron chi connectivity index (χ2n) is 11.3. The second-order valence-corrected chi connectivity index (χ2v) is 11.3. The fourth-order valence-electron chi connectivity index (χ4n) is 6.11. The number of aromatic nitrogens is 1. The van der Waals surface area contributed by atoms with Gasteiger partial charge in [0.15, 0.2) is 0 Å². The fraction of sp³-hybridized carbons (Fsp3) is 0.441. The number of fused-ring (bicyclic) bond motifs is 1. The van der Waals surface area contributed by atoms with Gasteiger partial charge in [0.25, 0.3) is 11.8 Å². The molecular formula is C34H40F3N5O3. The van der Waals surface area contributed by atoms with Gasteiger partial charge in [-0.15, -0.1) is 0 Å². The number of anilines is 2. The lowest BCUT2D eigenvalue weighted by molar-refractivity contribution is 0.00791. The van der Waals surface area contributed by atoms with Crippen molar-refractivity contribution in [2.75, 3.05) is 57.4 Å². The number of morpholine rings is 1. The molecule has 1 saturated heterocycles. The van der Waals surface area contributed by atoms with Gasteiger partial charge >= 0.3 is 0 Å². The average molecular weight is 624 g/mol. The molecule has 1 saturated carbocycles. The van der Waals surface area contributed by atoms with Crippen molar-refractivity contribution in [2.24, 2.45) is 0 Å². The first-order valence-corrected chi connectivity index (χ1v) is 15.3. The van der Waals surface area contributed by atoms with Crippen molar-refractivity contribution in [1.82, 2.24) is 14.8 Å². The molecule has 2 fully saturated rings. The van der Waals surface area contributed by atoms with Crippen LogP contribution in [0.2, 0.25) is 0 Å². The maximum absolute atomic E-state index is 14.6. The zero-order valence-electron chi connectivity index (χ0n) is 25.5. The van der Waals surface area contributed by atoms with E-state index in [1.807, 2.05) is 24.3 Å². The molecule has 0 spiro atoms. The van der Waals surface area contributed by atoms with Crippen molar-refractivity contribution in [3.05, 3.63) is 66.4 Å². The minimum absolute atomic E-state index is 0.124. The molecule has 45 heavy (non-hydrogen) atoms. The molecule has 3 N–H and O–H groups in total. The normalized spacial score (nSPS) is 18.9. The van der Waals surface area contributed by atoms with Crippen molar-refractivity contribution in [1.29, 1.82) is 0 Å². The number of benzene rings is 2. The van der Waals surface area contributed by atoms with Gasteiger partial charge in [0.1, 0.15) is 5.75 Å². The van der Waals surface area contributed by atoms with Crippen LogP contribution in [0.1, 0.15) is 41.7 Å². The van der Waals surface area contributed by atoms with Crippen LogP contribution in [0.15, 0.2) is 55.1 Å². The third kappa shape index (κ3) is 7.93. The Balaban J connectivity index is 1.34. The molecule has 2 aliphatic rings. The topological polar surface area (TPSA) is 79.8 Å². The fourth-order valence-corrected chi connectivity index (χ4v) is 6.11. The number of alkyl halides is 3. The Bertz CT molecular complexity index is 1550. The third-order valence-corrected chi connectivity index (χ3v) is 8.50. The van der Waals surface area contributed by atoms with Gasteiger partial charge in [-0.25, -0.2) is 13.2 Å². The summed E-state index contributed by atoms with van der Waals surface area (Å²) >= 11 is 0. The molecular weight excluding hydrogens is 583 g/mol. The molecule has 1 amide bonds. The highest BCUT2D eigenvalue weighted by Crippen LogP contribution is 2.33. The number of nitrogens with one attached hydrogen (secondary N) is 3. The van der Waals surface area contributed by atoms with E-state index in [1.165, 1.54) is 17.7 Å². The maximum atomic E-state index is 14.6. The van der Waals surface area contributed by atoms with Gasteiger partial charge in [0, 0.05) is 48.9 Å². The van der Waals surface area contributed by atoms with Crippen molar-refractivity contribution >= 4 is 28.2 Å². The van der Waals surface area contributed by atoms with Crippen molar-refractivity contribution in [2.45, 2.75) is 50.2 Å². The number of carbonyl (C=O) groups excluding carboxylic acids is 1. The molecule has 3 aromatic rings. The predicted molar refractivity (Wildman–Crippen MR) is 171 cm³/mol. The van der Waals surface area contributed by atoms with Crippen LogP contribution in [0.25, 0.3) is 10.9 Å². The van der Waals surface area contributed by atoms with Crippen LogP contribution in [0.5, 0.6) is 5.75 Å². The number of nitrogens with zero attached hydrogens (tertiary/aromatic N) is 2. The van der Waals surface area contributed by atoms with Gasteiger partial charge in [-0.3, -0.25) is 9.69 Å². The highest BCUT2D eigenvalue weighted by Gasteiger charge is 2.29. The average Bonchev–Trinajstić information content (AvgIpc) is 3.41. The molecule has 5 rings (SSSR count). The summed E-state index contributed by atoms with van der Waals surface area (Å²) in [5.41, 5.74) is 2.76. The van der Waals surface area contributed by atoms with Gasteiger partial charge in [-0.1, -0.05) is 18.6 Å². The number of rotatable bonds is 11. The van der Waals surface area contributed by atoms with Crippen LogP contribution in [0.3, 0.4) is 0 Å². The molecule has 2 aromatic carbocycles. The smallest absolute Gasteiger partial charge is 0.283 e. The summed E-state index contributed by atoms with van der Waals surface area (Å²) < 4.78 is 54.4. The van der Waals surface area contributed by atoms with Gasteiger partial charge in [-0.2, -0.15) is 0 Å². The number of hydrogen-bond donors (Lipinski definition) is 3.